The second-order valence-corrected chi connectivity index (χ2v) is 10.1. The van der Waals surface area contributed by atoms with Crippen LogP contribution in [0.4, 0.5) is 17.1 Å². The average Bonchev–Trinajstić information content (AvgIpc) is 2.99. The predicted molar refractivity (Wildman–Crippen MR) is 166 cm³/mol. The third-order valence-electron chi connectivity index (χ3n) is 7.02. The van der Waals surface area contributed by atoms with Gasteiger partial charge in [-0.05, 0) is 73.9 Å². The fourth-order valence-electron chi connectivity index (χ4n) is 4.70. The Kier molecular flexibility index (Phi) is 10.2. The zero-order chi connectivity index (χ0) is 29.2. The van der Waals surface area contributed by atoms with Crippen LogP contribution in [0.15, 0.2) is 91.0 Å². The Bertz CT molecular complexity index is 1480. The Morgan fingerprint density at radius 1 is 0.780 bits per heavy atom. The molecule has 0 saturated carbocycles. The third kappa shape index (κ3) is 7.54. The number of carboxylic acid groups (broad SMARTS) is 1. The van der Waals surface area contributed by atoms with Crippen LogP contribution >= 0.6 is 0 Å². The normalized spacial score (nSPS) is 10.7. The van der Waals surface area contributed by atoms with Gasteiger partial charge in [-0.25, -0.2) is 4.79 Å². The number of carbonyl (C=O) groups is 2. The van der Waals surface area contributed by atoms with Crippen molar-refractivity contribution in [3.8, 4) is 11.5 Å². The van der Waals surface area contributed by atoms with Gasteiger partial charge in [-0.2, -0.15) is 0 Å². The molecule has 0 amide bonds. The number of aromatic carboxylic acids is 1. The van der Waals surface area contributed by atoms with Crippen LogP contribution in [0.1, 0.15) is 71.4 Å². The van der Waals surface area contributed by atoms with E-state index in [2.05, 4.69) is 24.1 Å². The van der Waals surface area contributed by atoms with Crippen LogP contribution in [0.25, 0.3) is 0 Å². The topological polar surface area (TPSA) is 78.9 Å². The molecule has 0 heterocycles. The van der Waals surface area contributed by atoms with Crippen LogP contribution in [0.5, 0.6) is 11.5 Å². The van der Waals surface area contributed by atoms with E-state index < -0.39 is 11.8 Å². The summed E-state index contributed by atoms with van der Waals surface area (Å²) in [6.07, 6.45) is 4.28. The first-order valence-electron chi connectivity index (χ1n) is 14.3. The van der Waals surface area contributed by atoms with Crippen LogP contribution in [-0.4, -0.2) is 29.9 Å². The predicted octanol–water partition coefficient (Wildman–Crippen LogP) is 8.87. The molecule has 4 aromatic rings. The molecule has 0 aromatic heterocycles. The second kappa shape index (κ2) is 14.2. The summed E-state index contributed by atoms with van der Waals surface area (Å²) in [6.45, 7) is 8.16. The summed E-state index contributed by atoms with van der Waals surface area (Å²) in [5.74, 6) is -0.547. The molecular weight excluding hydrogens is 512 g/mol. The number of ketones is 1. The molecule has 212 valence electrons. The van der Waals surface area contributed by atoms with E-state index in [9.17, 15) is 14.7 Å². The Labute approximate surface area is 242 Å². The Hall–Kier alpha value is -4.58. The number of ether oxygens (including phenoxy) is 1. The van der Waals surface area contributed by atoms with Crippen LogP contribution in [0.2, 0.25) is 0 Å². The maximum absolute atomic E-state index is 13.8. The van der Waals surface area contributed by atoms with E-state index in [1.54, 1.807) is 24.3 Å². The van der Waals surface area contributed by atoms with Gasteiger partial charge in [0.15, 0.2) is 5.78 Å². The summed E-state index contributed by atoms with van der Waals surface area (Å²) >= 11 is 0. The first-order valence-corrected chi connectivity index (χ1v) is 14.3. The molecule has 0 fully saturated rings. The summed E-state index contributed by atoms with van der Waals surface area (Å²) in [4.78, 5) is 28.0. The van der Waals surface area contributed by atoms with Gasteiger partial charge >= 0.3 is 5.97 Å². The van der Waals surface area contributed by atoms with Crippen molar-refractivity contribution in [3.05, 3.63) is 113 Å². The lowest BCUT2D eigenvalue weighted by atomic mass is 9.97. The molecule has 0 atom stereocenters. The van der Waals surface area contributed by atoms with Gasteiger partial charge in [0.2, 0.25) is 0 Å². The van der Waals surface area contributed by atoms with Gasteiger partial charge in [0.1, 0.15) is 11.5 Å². The minimum Gasteiger partial charge on any atom is -0.478 e. The number of aryl methyl sites for hydroxylation is 1. The van der Waals surface area contributed by atoms with Gasteiger partial charge in [-0.3, -0.25) is 4.79 Å². The number of hydrogen-bond donors (Lipinski definition) is 2. The largest absolute Gasteiger partial charge is 0.478 e. The molecule has 4 rings (SSSR count). The number of hydrogen-bond acceptors (Lipinski definition) is 5. The summed E-state index contributed by atoms with van der Waals surface area (Å²) in [6, 6.07) is 27.6. The summed E-state index contributed by atoms with van der Waals surface area (Å²) in [5, 5.41) is 13.1. The van der Waals surface area contributed by atoms with Crippen molar-refractivity contribution in [1.82, 2.24) is 0 Å². The van der Waals surface area contributed by atoms with Crippen LogP contribution in [0.3, 0.4) is 0 Å². The summed E-state index contributed by atoms with van der Waals surface area (Å²) in [5.41, 5.74) is 4.31. The van der Waals surface area contributed by atoms with Crippen molar-refractivity contribution >= 4 is 28.8 Å². The van der Waals surface area contributed by atoms with Crippen molar-refractivity contribution < 1.29 is 19.4 Å². The molecule has 0 aliphatic heterocycles. The molecule has 0 aliphatic rings. The summed E-state index contributed by atoms with van der Waals surface area (Å²) in [7, 11) is 0. The Morgan fingerprint density at radius 3 is 2.07 bits per heavy atom. The monoisotopic (exact) mass is 550 g/mol. The zero-order valence-corrected chi connectivity index (χ0v) is 24.0. The highest BCUT2D eigenvalue weighted by Gasteiger charge is 2.22. The highest BCUT2D eigenvalue weighted by molar-refractivity contribution is 6.15. The molecule has 0 bridgehead atoms. The molecule has 6 heteroatoms. The smallest absolute Gasteiger partial charge is 0.336 e. The quantitative estimate of drug-likeness (QED) is 0.153. The maximum Gasteiger partial charge on any atom is 0.336 e. The lowest BCUT2D eigenvalue weighted by Crippen LogP contribution is -2.25. The molecule has 2 N–H and O–H groups in total. The van der Waals surface area contributed by atoms with E-state index in [4.69, 9.17) is 4.74 Å². The van der Waals surface area contributed by atoms with Crippen molar-refractivity contribution in [1.29, 1.82) is 0 Å². The molecule has 41 heavy (non-hydrogen) atoms. The molecular formula is C35H38N2O4. The Balaban J connectivity index is 1.72. The van der Waals surface area contributed by atoms with E-state index in [-0.39, 0.29) is 11.1 Å². The maximum atomic E-state index is 13.8. The number of benzene rings is 4. The molecule has 0 unspecified atom stereocenters. The van der Waals surface area contributed by atoms with E-state index in [1.807, 2.05) is 67.6 Å². The van der Waals surface area contributed by atoms with Gasteiger partial charge in [-0.15, -0.1) is 0 Å². The fraction of sp³-hybridized carbons (Fsp3) is 0.257. The number of para-hydroxylation sites is 1. The van der Waals surface area contributed by atoms with Crippen molar-refractivity contribution in [2.45, 2.75) is 46.5 Å². The SMILES string of the molecule is CCCCN(CCCC)c1ccc(C(=O)c2ccccc2C(=O)O)c(Oc2ccc(Nc3ccccc3)c(C)c2)c1. The number of unbranched alkanes of at least 4 members (excludes halogenated alkanes) is 2. The highest BCUT2D eigenvalue weighted by atomic mass is 16.5. The van der Waals surface area contributed by atoms with Gasteiger partial charge in [0.05, 0.1) is 11.1 Å². The van der Waals surface area contributed by atoms with Gasteiger partial charge in [0, 0.05) is 41.8 Å². The Morgan fingerprint density at radius 2 is 1.44 bits per heavy atom. The molecule has 0 aliphatic carbocycles. The van der Waals surface area contributed by atoms with Gasteiger partial charge in [-0.1, -0.05) is 63.1 Å². The van der Waals surface area contributed by atoms with Crippen molar-refractivity contribution in [2.75, 3.05) is 23.3 Å². The van der Waals surface area contributed by atoms with Crippen LogP contribution in [-0.2, 0) is 0 Å². The lowest BCUT2D eigenvalue weighted by Gasteiger charge is -2.26. The minimum atomic E-state index is -1.14. The lowest BCUT2D eigenvalue weighted by molar-refractivity contribution is 0.0692. The number of carboxylic acids is 1. The van der Waals surface area contributed by atoms with Crippen molar-refractivity contribution in [2.24, 2.45) is 0 Å². The summed E-state index contributed by atoms with van der Waals surface area (Å²) < 4.78 is 6.42. The fourth-order valence-corrected chi connectivity index (χ4v) is 4.70. The number of carbonyl (C=O) groups excluding carboxylic acids is 1. The molecule has 4 aromatic carbocycles. The third-order valence-corrected chi connectivity index (χ3v) is 7.02. The van der Waals surface area contributed by atoms with E-state index >= 15 is 0 Å². The van der Waals surface area contributed by atoms with E-state index in [0.29, 0.717) is 17.1 Å². The van der Waals surface area contributed by atoms with E-state index in [1.165, 1.54) is 6.07 Å². The first kappa shape index (κ1) is 29.4. The van der Waals surface area contributed by atoms with Gasteiger partial charge < -0.3 is 20.1 Å². The van der Waals surface area contributed by atoms with Crippen molar-refractivity contribution in [3.63, 3.8) is 0 Å². The number of rotatable bonds is 14. The standard InChI is InChI=1S/C35H38N2O4/c1-4-6-21-37(22-7-5-2)27-17-19-31(34(38)29-15-11-12-16-30(29)35(39)40)33(24-27)41-28-18-20-32(25(3)23-28)36-26-13-9-8-10-14-26/h8-20,23-24,36H,4-7,21-22H2,1-3H3,(H,39,40). The first-order chi connectivity index (χ1) is 19.9. The zero-order valence-electron chi connectivity index (χ0n) is 24.0. The average molecular weight is 551 g/mol. The second-order valence-electron chi connectivity index (χ2n) is 10.1. The van der Waals surface area contributed by atoms with E-state index in [0.717, 1.165) is 61.4 Å². The number of anilines is 3. The highest BCUT2D eigenvalue weighted by Crippen LogP contribution is 2.34. The van der Waals surface area contributed by atoms with Gasteiger partial charge in [0.25, 0.3) is 0 Å². The molecule has 0 saturated heterocycles. The van der Waals surface area contributed by atoms with Crippen LogP contribution < -0.4 is 15.0 Å². The molecule has 0 radical (unpaired) electrons. The minimum absolute atomic E-state index is 0.0350. The number of nitrogens with one attached hydrogen (secondary N) is 1. The molecule has 6 nitrogen and oxygen atoms in total. The number of nitrogens with zero attached hydrogens (tertiary/aromatic N) is 1. The molecule has 0 spiro atoms. The van der Waals surface area contributed by atoms with Crippen LogP contribution in [0, 0.1) is 6.92 Å².